The third kappa shape index (κ3) is 1.75. The van der Waals surface area contributed by atoms with Crippen LogP contribution in [0.15, 0.2) is 27.9 Å². The van der Waals surface area contributed by atoms with Gasteiger partial charge in [0.15, 0.2) is 11.2 Å². The summed E-state index contributed by atoms with van der Waals surface area (Å²) in [5.41, 5.74) is 1.00. The highest BCUT2D eigenvalue weighted by molar-refractivity contribution is 7.71. The van der Waals surface area contributed by atoms with Gasteiger partial charge in [0.1, 0.15) is 12.0 Å². The van der Waals surface area contributed by atoms with E-state index in [0.29, 0.717) is 22.7 Å². The van der Waals surface area contributed by atoms with Gasteiger partial charge >= 0.3 is 0 Å². The molecule has 0 atom stereocenters. The Bertz CT molecular complexity index is 537. The summed E-state index contributed by atoms with van der Waals surface area (Å²) in [7, 11) is 0. The molecule has 0 aromatic carbocycles. The predicted molar refractivity (Wildman–Crippen MR) is 57.1 cm³/mol. The van der Waals surface area contributed by atoms with Crippen LogP contribution in [0.25, 0.3) is 11.4 Å². The summed E-state index contributed by atoms with van der Waals surface area (Å²) < 4.78 is 6.69. The molecule has 0 unspecified atom stereocenters. The van der Waals surface area contributed by atoms with E-state index >= 15 is 0 Å². The Hall–Kier alpha value is -1.69. The highest BCUT2D eigenvalue weighted by Gasteiger charge is 2.04. The van der Waals surface area contributed by atoms with Gasteiger partial charge in [-0.05, 0) is 19.1 Å². The number of oxazole rings is 1. The summed E-state index contributed by atoms with van der Waals surface area (Å²) in [4.78, 5) is 18.5. The van der Waals surface area contributed by atoms with E-state index < -0.39 is 0 Å². The minimum atomic E-state index is -0.140. The second-order valence-electron chi connectivity index (χ2n) is 2.94. The van der Waals surface area contributed by atoms with E-state index in [1.165, 1.54) is 23.3 Å². The first-order chi connectivity index (χ1) is 7.22. The van der Waals surface area contributed by atoms with Crippen LogP contribution in [0.2, 0.25) is 0 Å². The fourth-order valence-electron chi connectivity index (χ4n) is 1.30. The van der Waals surface area contributed by atoms with Crippen molar-refractivity contribution in [1.82, 2.24) is 14.5 Å². The monoisotopic (exact) mass is 223 g/mol. The molecule has 0 saturated heterocycles. The number of hydrogen-bond donors (Lipinski definition) is 1. The minimum Gasteiger partial charge on any atom is -0.451 e. The Morgan fingerprint density at radius 2 is 2.47 bits per heavy atom. The summed E-state index contributed by atoms with van der Waals surface area (Å²) >= 11 is 5.05. The molecule has 0 saturated carbocycles. The molecule has 2 heterocycles. The lowest BCUT2D eigenvalue weighted by Gasteiger charge is -2.02. The molecule has 0 radical (unpaired) electrons. The summed E-state index contributed by atoms with van der Waals surface area (Å²) in [6.45, 7) is 2.41. The lowest BCUT2D eigenvalue weighted by atomic mass is 10.3. The summed E-state index contributed by atoms with van der Waals surface area (Å²) in [5, 5.41) is 0. The number of H-pyrrole nitrogens is 1. The van der Waals surface area contributed by atoms with Crippen LogP contribution in [0.5, 0.6) is 0 Å². The third-order valence-electron chi connectivity index (χ3n) is 2.05. The molecule has 0 aliphatic carbocycles. The van der Waals surface area contributed by atoms with Crippen molar-refractivity contribution in [3.8, 4) is 11.4 Å². The van der Waals surface area contributed by atoms with Crippen LogP contribution in [0.3, 0.4) is 0 Å². The van der Waals surface area contributed by atoms with Crippen LogP contribution < -0.4 is 5.56 Å². The topological polar surface area (TPSA) is 63.8 Å². The van der Waals surface area contributed by atoms with Gasteiger partial charge in [0.2, 0.25) is 0 Å². The van der Waals surface area contributed by atoms with Gasteiger partial charge in [-0.15, -0.1) is 0 Å². The number of hydrogen-bond acceptors (Lipinski definition) is 4. The molecular weight excluding hydrogens is 214 g/mol. The molecule has 15 heavy (non-hydrogen) atoms. The molecule has 78 valence electrons. The first-order valence-electron chi connectivity index (χ1n) is 4.45. The average molecular weight is 223 g/mol. The van der Waals surface area contributed by atoms with Crippen molar-refractivity contribution in [2.45, 2.75) is 13.5 Å². The lowest BCUT2D eigenvalue weighted by Crippen LogP contribution is -2.20. The minimum absolute atomic E-state index is 0.140. The maximum Gasteiger partial charge on any atom is 0.254 e. The van der Waals surface area contributed by atoms with Crippen molar-refractivity contribution in [3.63, 3.8) is 0 Å². The molecule has 2 aromatic heterocycles. The van der Waals surface area contributed by atoms with E-state index in [-0.39, 0.29) is 5.56 Å². The maximum atomic E-state index is 11.6. The quantitative estimate of drug-likeness (QED) is 0.785. The van der Waals surface area contributed by atoms with Crippen molar-refractivity contribution in [2.24, 2.45) is 0 Å². The van der Waals surface area contributed by atoms with Crippen LogP contribution in [0, 0.1) is 4.77 Å². The third-order valence-corrected chi connectivity index (χ3v) is 2.37. The van der Waals surface area contributed by atoms with Crippen molar-refractivity contribution in [2.75, 3.05) is 0 Å². The van der Waals surface area contributed by atoms with Crippen molar-refractivity contribution in [3.05, 3.63) is 33.8 Å². The molecule has 0 fully saturated rings. The van der Waals surface area contributed by atoms with Crippen molar-refractivity contribution in [1.29, 1.82) is 0 Å². The molecule has 6 heteroatoms. The first kappa shape index (κ1) is 9.85. The van der Waals surface area contributed by atoms with Crippen LogP contribution in [0.1, 0.15) is 6.92 Å². The van der Waals surface area contributed by atoms with Gasteiger partial charge in [0.25, 0.3) is 5.56 Å². The standard InChI is InChI=1S/C9H9N3O2S/c1-2-12-8(13)3-6(11-9(12)15)7-4-14-5-10-7/h3-5H,2H2,1H3,(H,11,15). The lowest BCUT2D eigenvalue weighted by molar-refractivity contribution is 0.558. The number of rotatable bonds is 2. The van der Waals surface area contributed by atoms with Gasteiger partial charge in [-0.1, -0.05) is 0 Å². The fraction of sp³-hybridized carbons (Fsp3) is 0.222. The smallest absolute Gasteiger partial charge is 0.254 e. The molecule has 0 aliphatic rings. The number of aromatic amines is 1. The van der Waals surface area contributed by atoms with E-state index in [1.807, 2.05) is 6.92 Å². The van der Waals surface area contributed by atoms with Gasteiger partial charge in [-0.25, -0.2) is 4.98 Å². The van der Waals surface area contributed by atoms with E-state index in [2.05, 4.69) is 9.97 Å². The Labute approximate surface area is 90.4 Å². The first-order valence-corrected chi connectivity index (χ1v) is 4.86. The van der Waals surface area contributed by atoms with Crippen molar-refractivity contribution >= 4 is 12.2 Å². The summed E-state index contributed by atoms with van der Waals surface area (Å²) in [6, 6.07) is 1.46. The molecule has 0 bridgehead atoms. The highest BCUT2D eigenvalue weighted by atomic mass is 32.1. The second kappa shape index (κ2) is 3.82. The van der Waals surface area contributed by atoms with E-state index in [0.717, 1.165) is 0 Å². The fourth-order valence-corrected chi connectivity index (χ4v) is 1.63. The Kier molecular flexibility index (Phi) is 2.51. The van der Waals surface area contributed by atoms with Gasteiger partial charge in [0, 0.05) is 12.6 Å². The number of aromatic nitrogens is 3. The van der Waals surface area contributed by atoms with Crippen LogP contribution >= 0.6 is 12.2 Å². The van der Waals surface area contributed by atoms with Gasteiger partial charge < -0.3 is 9.40 Å². The summed E-state index contributed by atoms with van der Waals surface area (Å²) in [6.07, 6.45) is 2.76. The van der Waals surface area contributed by atoms with E-state index in [4.69, 9.17) is 16.6 Å². The van der Waals surface area contributed by atoms with Gasteiger partial charge in [-0.2, -0.15) is 0 Å². The predicted octanol–water partition coefficient (Wildman–Crippen LogP) is 1.58. The van der Waals surface area contributed by atoms with Gasteiger partial charge in [0.05, 0.1) is 5.69 Å². The van der Waals surface area contributed by atoms with Crippen LogP contribution in [-0.4, -0.2) is 14.5 Å². The van der Waals surface area contributed by atoms with Crippen LogP contribution in [0.4, 0.5) is 0 Å². The zero-order valence-electron chi connectivity index (χ0n) is 8.06. The Morgan fingerprint density at radius 1 is 1.67 bits per heavy atom. The average Bonchev–Trinajstić information content (AvgIpc) is 2.69. The maximum absolute atomic E-state index is 11.6. The van der Waals surface area contributed by atoms with Crippen molar-refractivity contribution < 1.29 is 4.42 Å². The molecule has 0 aliphatic heterocycles. The largest absolute Gasteiger partial charge is 0.451 e. The molecule has 2 aromatic rings. The SMILES string of the molecule is CCn1c(=O)cc(-c2cocn2)[nH]c1=S. The summed E-state index contributed by atoms with van der Waals surface area (Å²) in [5.74, 6) is 0. The zero-order valence-corrected chi connectivity index (χ0v) is 8.87. The Balaban J connectivity index is 2.64. The van der Waals surface area contributed by atoms with Gasteiger partial charge in [-0.3, -0.25) is 9.36 Å². The second-order valence-corrected chi connectivity index (χ2v) is 3.33. The molecule has 0 amide bonds. The zero-order chi connectivity index (χ0) is 10.8. The molecular formula is C9H9N3O2S. The Morgan fingerprint density at radius 3 is 3.00 bits per heavy atom. The van der Waals surface area contributed by atoms with E-state index in [9.17, 15) is 4.79 Å². The molecule has 1 N–H and O–H groups in total. The van der Waals surface area contributed by atoms with E-state index in [1.54, 1.807) is 0 Å². The van der Waals surface area contributed by atoms with Crippen LogP contribution in [-0.2, 0) is 6.54 Å². The normalized spacial score (nSPS) is 10.5. The molecule has 0 spiro atoms. The number of nitrogens with one attached hydrogen (secondary N) is 1. The molecule has 5 nitrogen and oxygen atoms in total. The molecule has 2 rings (SSSR count). The highest BCUT2D eigenvalue weighted by Crippen LogP contribution is 2.11. The number of nitrogens with zero attached hydrogens (tertiary/aromatic N) is 2.